The Hall–Kier alpha value is -3.15. The van der Waals surface area contributed by atoms with Crippen molar-refractivity contribution in [3.05, 3.63) is 66.1 Å². The van der Waals surface area contributed by atoms with Crippen LogP contribution < -0.4 is 10.1 Å². The molecular weight excluding hydrogens is 333 g/mol. The number of rotatable bonds is 6. The van der Waals surface area contributed by atoms with Crippen molar-refractivity contribution in [3.8, 4) is 17.0 Å². The molecule has 0 bridgehead atoms. The first-order valence-corrected chi connectivity index (χ1v) is 8.40. The minimum absolute atomic E-state index is 0.276. The van der Waals surface area contributed by atoms with E-state index < -0.39 is 0 Å². The molecule has 5 nitrogen and oxygen atoms in total. The first-order valence-electron chi connectivity index (χ1n) is 8.40. The zero-order chi connectivity index (χ0) is 18.5. The smallest absolute Gasteiger partial charge is 0.273 e. The Bertz CT molecular complexity index is 921. The lowest BCUT2D eigenvalue weighted by molar-refractivity contribution is 0.101. The van der Waals surface area contributed by atoms with Crippen LogP contribution in [0.25, 0.3) is 11.3 Å². The molecule has 26 heavy (non-hydrogen) atoms. The summed E-state index contributed by atoms with van der Waals surface area (Å²) in [5, 5.41) is 7.33. The van der Waals surface area contributed by atoms with E-state index in [4.69, 9.17) is 4.74 Å². The molecule has 0 unspecified atom stereocenters. The van der Waals surface area contributed by atoms with Crippen LogP contribution in [-0.2, 0) is 6.54 Å². The van der Waals surface area contributed by atoms with Gasteiger partial charge in [0.25, 0.3) is 5.91 Å². The summed E-state index contributed by atoms with van der Waals surface area (Å²) in [4.78, 5) is 12.7. The van der Waals surface area contributed by atoms with Crippen LogP contribution in [0.15, 0.2) is 54.6 Å². The number of nitrogens with zero attached hydrogens (tertiary/aromatic N) is 2. The van der Waals surface area contributed by atoms with Crippen LogP contribution in [-0.4, -0.2) is 22.8 Å². The summed E-state index contributed by atoms with van der Waals surface area (Å²) in [5.74, 6) is 0.0436. The highest BCUT2D eigenvalue weighted by Gasteiger charge is 2.16. The summed E-state index contributed by atoms with van der Waals surface area (Å²) in [5.41, 5.74) is 2.25. The second kappa shape index (κ2) is 7.82. The third-order valence-corrected chi connectivity index (χ3v) is 3.90. The number of carbonyl (C=O) groups excluding carboxylic acids is 1. The average Bonchev–Trinajstić information content (AvgIpc) is 3.06. The minimum Gasteiger partial charge on any atom is -0.497 e. The van der Waals surface area contributed by atoms with E-state index in [-0.39, 0.29) is 11.7 Å². The third-order valence-electron chi connectivity index (χ3n) is 3.90. The lowest BCUT2D eigenvalue weighted by Crippen LogP contribution is -2.17. The lowest BCUT2D eigenvalue weighted by Gasteiger charge is -2.08. The first kappa shape index (κ1) is 17.7. The fourth-order valence-electron chi connectivity index (χ4n) is 2.67. The van der Waals surface area contributed by atoms with Crippen molar-refractivity contribution in [2.45, 2.75) is 19.9 Å². The number of ether oxygens (including phenoxy) is 1. The van der Waals surface area contributed by atoms with Gasteiger partial charge in [-0.05, 0) is 36.8 Å². The zero-order valence-corrected chi connectivity index (χ0v) is 14.7. The van der Waals surface area contributed by atoms with Crippen molar-refractivity contribution in [2.75, 3.05) is 12.4 Å². The van der Waals surface area contributed by atoms with Crippen molar-refractivity contribution in [1.29, 1.82) is 0 Å². The number of halogens is 1. The molecule has 3 aromatic rings. The van der Waals surface area contributed by atoms with Gasteiger partial charge in [0.1, 0.15) is 17.3 Å². The predicted molar refractivity (Wildman–Crippen MR) is 98.9 cm³/mol. The number of aromatic nitrogens is 2. The van der Waals surface area contributed by atoms with Crippen LogP contribution in [0.4, 0.5) is 10.1 Å². The van der Waals surface area contributed by atoms with Gasteiger partial charge in [-0.3, -0.25) is 9.48 Å². The fraction of sp³-hybridized carbons (Fsp3) is 0.200. The molecule has 6 heteroatoms. The molecule has 0 saturated heterocycles. The van der Waals surface area contributed by atoms with E-state index in [0.29, 0.717) is 34.9 Å². The molecule has 2 aromatic carbocycles. The van der Waals surface area contributed by atoms with Crippen molar-refractivity contribution in [2.24, 2.45) is 0 Å². The maximum atomic E-state index is 13.5. The highest BCUT2D eigenvalue weighted by molar-refractivity contribution is 6.03. The van der Waals surface area contributed by atoms with Crippen LogP contribution in [0.1, 0.15) is 23.8 Å². The third kappa shape index (κ3) is 3.91. The van der Waals surface area contributed by atoms with Crippen molar-refractivity contribution < 1.29 is 13.9 Å². The molecule has 1 aromatic heterocycles. The second-order valence-electron chi connectivity index (χ2n) is 5.83. The maximum absolute atomic E-state index is 13.5. The number of methoxy groups -OCH3 is 1. The summed E-state index contributed by atoms with van der Waals surface area (Å²) in [6.07, 6.45) is 0.823. The van der Waals surface area contributed by atoms with Crippen LogP contribution in [0.5, 0.6) is 5.75 Å². The summed E-state index contributed by atoms with van der Waals surface area (Å²) < 4.78 is 20.3. The Kier molecular flexibility index (Phi) is 5.31. The standard InChI is InChI=1S/C20H20FN3O2/c1-3-10-24-19(13-18(23-24)14-6-4-7-15(21)11-14)20(25)22-16-8-5-9-17(12-16)26-2/h4-9,11-13H,3,10H2,1-2H3,(H,22,25). The summed E-state index contributed by atoms with van der Waals surface area (Å²) in [7, 11) is 1.57. The maximum Gasteiger partial charge on any atom is 0.273 e. The van der Waals surface area contributed by atoms with Gasteiger partial charge in [0, 0.05) is 23.9 Å². The summed E-state index contributed by atoms with van der Waals surface area (Å²) in [6, 6.07) is 15.0. The van der Waals surface area contributed by atoms with E-state index >= 15 is 0 Å². The van der Waals surface area contributed by atoms with Crippen molar-refractivity contribution >= 4 is 11.6 Å². The van der Waals surface area contributed by atoms with Crippen molar-refractivity contribution in [3.63, 3.8) is 0 Å². The number of aryl methyl sites for hydroxylation is 1. The zero-order valence-electron chi connectivity index (χ0n) is 14.7. The van der Waals surface area contributed by atoms with E-state index in [2.05, 4.69) is 10.4 Å². The molecule has 0 saturated carbocycles. The average molecular weight is 353 g/mol. The highest BCUT2D eigenvalue weighted by Crippen LogP contribution is 2.22. The summed E-state index contributed by atoms with van der Waals surface area (Å²) >= 11 is 0. The monoisotopic (exact) mass is 353 g/mol. The molecule has 0 aliphatic heterocycles. The molecule has 0 fully saturated rings. The predicted octanol–water partition coefficient (Wildman–Crippen LogP) is 4.36. The van der Waals surface area contributed by atoms with E-state index in [9.17, 15) is 9.18 Å². The van der Waals surface area contributed by atoms with E-state index in [0.717, 1.165) is 6.42 Å². The Morgan fingerprint density at radius 2 is 2.00 bits per heavy atom. The van der Waals surface area contributed by atoms with E-state index in [1.165, 1.54) is 12.1 Å². The van der Waals surface area contributed by atoms with Gasteiger partial charge in [-0.15, -0.1) is 0 Å². The second-order valence-corrected chi connectivity index (χ2v) is 5.83. The Labute approximate surface area is 151 Å². The number of anilines is 1. The number of hydrogen-bond donors (Lipinski definition) is 1. The van der Waals surface area contributed by atoms with Gasteiger partial charge in [-0.2, -0.15) is 5.10 Å². The number of nitrogens with one attached hydrogen (secondary N) is 1. The largest absolute Gasteiger partial charge is 0.497 e. The summed E-state index contributed by atoms with van der Waals surface area (Å²) in [6.45, 7) is 2.60. The van der Waals surface area contributed by atoms with Crippen LogP contribution in [0.3, 0.4) is 0 Å². The van der Waals surface area contributed by atoms with Gasteiger partial charge in [0.2, 0.25) is 0 Å². The van der Waals surface area contributed by atoms with Crippen molar-refractivity contribution in [1.82, 2.24) is 9.78 Å². The van der Waals surface area contributed by atoms with E-state index in [1.54, 1.807) is 54.3 Å². The molecule has 0 aliphatic carbocycles. The molecule has 3 rings (SSSR count). The van der Waals surface area contributed by atoms with Gasteiger partial charge in [0.05, 0.1) is 12.8 Å². The molecule has 0 radical (unpaired) electrons. The quantitative estimate of drug-likeness (QED) is 0.716. The van der Waals surface area contributed by atoms with Crippen LogP contribution in [0.2, 0.25) is 0 Å². The van der Waals surface area contributed by atoms with Gasteiger partial charge >= 0.3 is 0 Å². The molecule has 0 spiro atoms. The molecule has 0 aliphatic rings. The Morgan fingerprint density at radius 3 is 2.73 bits per heavy atom. The molecule has 1 heterocycles. The molecule has 134 valence electrons. The van der Waals surface area contributed by atoms with Gasteiger partial charge in [0.15, 0.2) is 0 Å². The van der Waals surface area contributed by atoms with Gasteiger partial charge in [-0.1, -0.05) is 25.1 Å². The topological polar surface area (TPSA) is 56.2 Å². The van der Waals surface area contributed by atoms with E-state index in [1.807, 2.05) is 6.92 Å². The minimum atomic E-state index is -0.338. The Morgan fingerprint density at radius 1 is 1.19 bits per heavy atom. The highest BCUT2D eigenvalue weighted by atomic mass is 19.1. The lowest BCUT2D eigenvalue weighted by atomic mass is 10.1. The first-order chi connectivity index (χ1) is 12.6. The number of hydrogen-bond acceptors (Lipinski definition) is 3. The normalized spacial score (nSPS) is 10.6. The van der Waals surface area contributed by atoms with Gasteiger partial charge < -0.3 is 10.1 Å². The number of benzene rings is 2. The fourth-order valence-corrected chi connectivity index (χ4v) is 2.67. The number of carbonyl (C=O) groups is 1. The van der Waals surface area contributed by atoms with Crippen LogP contribution in [0, 0.1) is 5.82 Å². The Balaban J connectivity index is 1.91. The van der Waals surface area contributed by atoms with Gasteiger partial charge in [-0.25, -0.2) is 4.39 Å². The van der Waals surface area contributed by atoms with Crippen LogP contribution >= 0.6 is 0 Å². The number of amides is 1. The molecule has 1 amide bonds. The molecule has 0 atom stereocenters. The molecular formula is C20H20FN3O2. The SMILES string of the molecule is CCCn1nc(-c2cccc(F)c2)cc1C(=O)Nc1cccc(OC)c1. The molecule has 1 N–H and O–H groups in total.